The predicted molar refractivity (Wildman–Crippen MR) is 124 cm³/mol. The number of carbonyl (C=O) groups excluding carboxylic acids is 1. The molecule has 1 saturated carbocycles. The van der Waals surface area contributed by atoms with Gasteiger partial charge in [0.1, 0.15) is 0 Å². The summed E-state index contributed by atoms with van der Waals surface area (Å²) < 4.78 is 28.6. The summed E-state index contributed by atoms with van der Waals surface area (Å²) in [5.41, 5.74) is 2.90. The molecule has 6 nitrogen and oxygen atoms in total. The fraction of sp³-hybridized carbons (Fsp3) is 0.273. The molecule has 0 saturated heterocycles. The van der Waals surface area contributed by atoms with Crippen molar-refractivity contribution in [3.63, 3.8) is 0 Å². The van der Waals surface area contributed by atoms with E-state index in [1.165, 1.54) is 12.1 Å². The maximum Gasteiger partial charge on any atom is 0.255 e. The molecule has 0 atom stereocenters. The molecular formula is C22H23N3O3S3. The van der Waals surface area contributed by atoms with Crippen LogP contribution in [0.1, 0.15) is 34.5 Å². The summed E-state index contributed by atoms with van der Waals surface area (Å²) in [5, 5.41) is 4.90. The Balaban J connectivity index is 1.45. The van der Waals surface area contributed by atoms with Crippen LogP contribution in [0.2, 0.25) is 0 Å². The van der Waals surface area contributed by atoms with Crippen LogP contribution in [0.5, 0.6) is 0 Å². The molecule has 2 aromatic carbocycles. The molecule has 1 aromatic heterocycles. The van der Waals surface area contributed by atoms with E-state index in [1.54, 1.807) is 35.2 Å². The third-order valence-electron chi connectivity index (χ3n) is 4.91. The van der Waals surface area contributed by atoms with Gasteiger partial charge in [-0.05, 0) is 74.6 Å². The second kappa shape index (κ2) is 9.12. The number of rotatable bonds is 8. The summed E-state index contributed by atoms with van der Waals surface area (Å²) in [6.07, 6.45) is 2.12. The number of thiazole rings is 1. The van der Waals surface area contributed by atoms with Crippen molar-refractivity contribution < 1.29 is 13.2 Å². The summed E-state index contributed by atoms with van der Waals surface area (Å²) in [4.78, 5) is 18.4. The molecule has 1 aliphatic rings. The zero-order valence-corrected chi connectivity index (χ0v) is 19.7. The van der Waals surface area contributed by atoms with Crippen molar-refractivity contribution >= 4 is 44.7 Å². The Kier molecular flexibility index (Phi) is 6.47. The lowest BCUT2D eigenvalue weighted by molar-refractivity contribution is 0.102. The summed E-state index contributed by atoms with van der Waals surface area (Å²) in [6.45, 7) is 4.34. The molecule has 0 aliphatic heterocycles. The highest BCUT2D eigenvalue weighted by Gasteiger charge is 2.24. The predicted octanol–water partition coefficient (Wildman–Crippen LogP) is 4.85. The van der Waals surface area contributed by atoms with E-state index in [1.807, 2.05) is 37.4 Å². The third-order valence-corrected chi connectivity index (χ3v) is 8.38. The molecule has 1 fully saturated rings. The zero-order chi connectivity index (χ0) is 22.0. The van der Waals surface area contributed by atoms with Gasteiger partial charge in [-0.2, -0.15) is 0 Å². The van der Waals surface area contributed by atoms with Gasteiger partial charge in [0.05, 0.1) is 4.90 Å². The molecule has 4 rings (SSSR count). The van der Waals surface area contributed by atoms with E-state index in [9.17, 15) is 13.2 Å². The Morgan fingerprint density at radius 1 is 1.19 bits per heavy atom. The Labute approximate surface area is 190 Å². The highest BCUT2D eigenvalue weighted by molar-refractivity contribution is 8.01. The standard InChI is InChI=1S/C22H23N3O3S3/c1-14-10-18(30-22-24-15(2)13-29-22)8-9-20(14)25-21(26)17-4-3-5-19(11-17)31(27,28)23-12-16-6-7-16/h3-5,8-11,13,16,23H,6-7,12H2,1-2H3,(H,25,26). The van der Waals surface area contributed by atoms with Gasteiger partial charge in [0.25, 0.3) is 5.91 Å². The number of amides is 1. The maximum absolute atomic E-state index is 12.8. The number of hydrogen-bond acceptors (Lipinski definition) is 6. The fourth-order valence-electron chi connectivity index (χ4n) is 2.95. The van der Waals surface area contributed by atoms with Crippen LogP contribution in [0.25, 0.3) is 0 Å². The number of carbonyl (C=O) groups is 1. The number of nitrogens with zero attached hydrogens (tertiary/aromatic N) is 1. The van der Waals surface area contributed by atoms with Crippen molar-refractivity contribution in [2.45, 2.75) is 40.8 Å². The van der Waals surface area contributed by atoms with E-state index >= 15 is 0 Å². The van der Waals surface area contributed by atoms with Crippen LogP contribution in [-0.2, 0) is 10.0 Å². The van der Waals surface area contributed by atoms with Crippen molar-refractivity contribution in [3.8, 4) is 0 Å². The molecule has 3 aromatic rings. The second-order valence-corrected chi connectivity index (χ2v) is 11.6. The van der Waals surface area contributed by atoms with Gasteiger partial charge in [-0.15, -0.1) is 11.3 Å². The molecule has 2 N–H and O–H groups in total. The monoisotopic (exact) mass is 473 g/mol. The summed E-state index contributed by atoms with van der Waals surface area (Å²) in [6, 6.07) is 11.9. The van der Waals surface area contributed by atoms with Gasteiger partial charge >= 0.3 is 0 Å². The Hall–Kier alpha value is -2.20. The van der Waals surface area contributed by atoms with Gasteiger partial charge in [-0.25, -0.2) is 18.1 Å². The lowest BCUT2D eigenvalue weighted by Gasteiger charge is -2.11. The van der Waals surface area contributed by atoms with Gasteiger partial charge in [-0.3, -0.25) is 4.79 Å². The smallest absolute Gasteiger partial charge is 0.255 e. The van der Waals surface area contributed by atoms with Gasteiger partial charge in [0, 0.05) is 33.8 Å². The lowest BCUT2D eigenvalue weighted by Crippen LogP contribution is -2.26. The summed E-state index contributed by atoms with van der Waals surface area (Å²) in [7, 11) is -3.62. The van der Waals surface area contributed by atoms with Crippen molar-refractivity contribution in [1.29, 1.82) is 0 Å². The fourth-order valence-corrected chi connectivity index (χ4v) is 6.02. The van der Waals surface area contributed by atoms with Crippen molar-refractivity contribution in [1.82, 2.24) is 9.71 Å². The van der Waals surface area contributed by atoms with E-state index in [-0.39, 0.29) is 10.8 Å². The Bertz CT molecular complexity index is 1220. The molecule has 0 spiro atoms. The zero-order valence-electron chi connectivity index (χ0n) is 17.2. The van der Waals surface area contributed by atoms with Gasteiger partial charge in [0.15, 0.2) is 4.34 Å². The molecule has 0 bridgehead atoms. The van der Waals surface area contributed by atoms with Crippen molar-refractivity contribution in [2.75, 3.05) is 11.9 Å². The van der Waals surface area contributed by atoms with Crippen LogP contribution in [-0.4, -0.2) is 25.9 Å². The minimum Gasteiger partial charge on any atom is -0.322 e. The van der Waals surface area contributed by atoms with Crippen LogP contribution in [0.3, 0.4) is 0 Å². The molecule has 1 amide bonds. The summed E-state index contributed by atoms with van der Waals surface area (Å²) >= 11 is 3.19. The first-order chi connectivity index (χ1) is 14.8. The van der Waals surface area contributed by atoms with Crippen molar-refractivity contribution in [2.24, 2.45) is 5.92 Å². The van der Waals surface area contributed by atoms with Crippen LogP contribution in [0, 0.1) is 19.8 Å². The first-order valence-corrected chi connectivity index (χ1v) is 13.1. The molecule has 0 radical (unpaired) electrons. The van der Waals surface area contributed by atoms with Crippen LogP contribution in [0.4, 0.5) is 5.69 Å². The van der Waals surface area contributed by atoms with Gasteiger partial charge in [0.2, 0.25) is 10.0 Å². The molecule has 0 unspecified atom stereocenters. The molecule has 9 heteroatoms. The topological polar surface area (TPSA) is 88.2 Å². The highest BCUT2D eigenvalue weighted by Crippen LogP contribution is 2.32. The normalized spacial score (nSPS) is 13.9. The number of nitrogens with one attached hydrogen (secondary N) is 2. The van der Waals surface area contributed by atoms with Crippen LogP contribution in [0.15, 0.2) is 62.0 Å². The maximum atomic E-state index is 12.8. The quantitative estimate of drug-likeness (QED) is 0.488. The third kappa shape index (κ3) is 5.74. The number of aromatic nitrogens is 1. The largest absolute Gasteiger partial charge is 0.322 e. The number of sulfonamides is 1. The minimum atomic E-state index is -3.62. The average molecular weight is 474 g/mol. The summed E-state index contributed by atoms with van der Waals surface area (Å²) in [5.74, 6) is 0.0864. The minimum absolute atomic E-state index is 0.100. The van der Waals surface area contributed by atoms with Crippen LogP contribution < -0.4 is 10.0 Å². The first kappa shape index (κ1) is 22.0. The Morgan fingerprint density at radius 3 is 2.68 bits per heavy atom. The molecular weight excluding hydrogens is 450 g/mol. The molecule has 31 heavy (non-hydrogen) atoms. The average Bonchev–Trinajstić information content (AvgIpc) is 3.49. The Morgan fingerprint density at radius 2 is 2.00 bits per heavy atom. The van der Waals surface area contributed by atoms with E-state index in [4.69, 9.17) is 0 Å². The lowest BCUT2D eigenvalue weighted by atomic mass is 10.1. The van der Waals surface area contributed by atoms with E-state index < -0.39 is 10.0 Å². The highest BCUT2D eigenvalue weighted by atomic mass is 32.2. The number of anilines is 1. The molecule has 1 heterocycles. The van der Waals surface area contributed by atoms with Gasteiger partial charge < -0.3 is 5.32 Å². The number of aryl methyl sites for hydroxylation is 2. The van der Waals surface area contributed by atoms with Crippen LogP contribution >= 0.6 is 23.1 Å². The molecule has 1 aliphatic carbocycles. The SMILES string of the molecule is Cc1csc(Sc2ccc(NC(=O)c3cccc(S(=O)(=O)NCC4CC4)c3)c(C)c2)n1. The van der Waals surface area contributed by atoms with E-state index in [2.05, 4.69) is 15.0 Å². The van der Waals surface area contributed by atoms with Gasteiger partial charge in [-0.1, -0.05) is 17.8 Å². The second-order valence-electron chi connectivity index (χ2n) is 7.61. The van der Waals surface area contributed by atoms with E-state index in [0.717, 1.165) is 33.3 Å². The molecule has 162 valence electrons. The van der Waals surface area contributed by atoms with Crippen molar-refractivity contribution in [3.05, 3.63) is 64.7 Å². The number of hydrogen-bond donors (Lipinski definition) is 2. The first-order valence-electron chi connectivity index (χ1n) is 9.92. The van der Waals surface area contributed by atoms with E-state index in [0.29, 0.717) is 23.7 Å². The number of benzene rings is 2.